The van der Waals surface area contributed by atoms with Crippen LogP contribution in [0.15, 0.2) is 0 Å². The van der Waals surface area contributed by atoms with Gasteiger partial charge in [0.25, 0.3) is 0 Å². The lowest BCUT2D eigenvalue weighted by atomic mass is 10.4. The van der Waals surface area contributed by atoms with Crippen LogP contribution >= 0.6 is 0 Å². The van der Waals surface area contributed by atoms with Gasteiger partial charge in [0.2, 0.25) is 5.91 Å². The van der Waals surface area contributed by atoms with E-state index in [2.05, 4.69) is 5.32 Å². The van der Waals surface area contributed by atoms with Gasteiger partial charge >= 0.3 is 0 Å². The largest absolute Gasteiger partial charge is 0.355 e. The highest BCUT2D eigenvalue weighted by molar-refractivity contribution is 5.77. The van der Waals surface area contributed by atoms with Crippen molar-refractivity contribution in [2.75, 3.05) is 13.1 Å². The maximum absolute atomic E-state index is 10.3. The molecule has 1 amide bonds. The Morgan fingerprint density at radius 1 is 1.67 bits per heavy atom. The summed E-state index contributed by atoms with van der Waals surface area (Å²) < 4.78 is 0. The Morgan fingerprint density at radius 2 is 2.33 bits per heavy atom. The van der Waals surface area contributed by atoms with E-state index in [4.69, 9.17) is 5.73 Å². The van der Waals surface area contributed by atoms with Crippen LogP contribution in [0.1, 0.15) is 6.42 Å². The molecule has 51 valence electrons. The van der Waals surface area contributed by atoms with Gasteiger partial charge in [-0.3, -0.25) is 9.59 Å². The number of amides is 1. The fraction of sp³-hybridized carbons (Fsp3) is 0.600. The van der Waals surface area contributed by atoms with E-state index in [9.17, 15) is 9.59 Å². The molecule has 0 fully saturated rings. The molecule has 0 atom stereocenters. The number of rotatable bonds is 4. The SMILES string of the molecule is NCC(=O)NCC[C]=O. The molecule has 4 heteroatoms. The molecule has 0 heterocycles. The van der Waals surface area contributed by atoms with Crippen molar-refractivity contribution in [3.63, 3.8) is 0 Å². The molecule has 0 saturated heterocycles. The summed E-state index contributed by atoms with van der Waals surface area (Å²) in [5.74, 6) is -0.245. The summed E-state index contributed by atoms with van der Waals surface area (Å²) in [5, 5.41) is 2.41. The van der Waals surface area contributed by atoms with Gasteiger partial charge < -0.3 is 11.1 Å². The first-order valence-corrected chi connectivity index (χ1v) is 2.63. The first-order valence-electron chi connectivity index (χ1n) is 2.63. The monoisotopic (exact) mass is 129 g/mol. The average molecular weight is 129 g/mol. The molecule has 0 aliphatic carbocycles. The number of hydrogen-bond donors (Lipinski definition) is 2. The Morgan fingerprint density at radius 3 is 2.78 bits per heavy atom. The Bertz CT molecular complexity index is 103. The van der Waals surface area contributed by atoms with Crippen LogP contribution < -0.4 is 11.1 Å². The van der Waals surface area contributed by atoms with Gasteiger partial charge in [0.1, 0.15) is 0 Å². The first kappa shape index (κ1) is 8.10. The first-order chi connectivity index (χ1) is 4.31. The van der Waals surface area contributed by atoms with E-state index >= 15 is 0 Å². The van der Waals surface area contributed by atoms with Crippen LogP contribution in [0.5, 0.6) is 0 Å². The molecule has 0 aromatic carbocycles. The van der Waals surface area contributed by atoms with Crippen molar-refractivity contribution in [1.29, 1.82) is 0 Å². The number of nitrogens with two attached hydrogens (primary N) is 1. The number of nitrogens with one attached hydrogen (secondary N) is 1. The van der Waals surface area contributed by atoms with Gasteiger partial charge in [-0.05, 0) is 0 Å². The predicted octanol–water partition coefficient (Wildman–Crippen LogP) is -1.44. The van der Waals surface area contributed by atoms with Gasteiger partial charge in [-0.15, -0.1) is 0 Å². The standard InChI is InChI=1S/C5H9N2O2/c6-4-5(9)7-2-1-3-8/h1-2,4,6H2,(H,7,9). The van der Waals surface area contributed by atoms with E-state index in [1.807, 2.05) is 0 Å². The van der Waals surface area contributed by atoms with Gasteiger partial charge in [-0.25, -0.2) is 0 Å². The fourth-order valence-electron chi connectivity index (χ4n) is 0.325. The molecule has 0 bridgehead atoms. The predicted molar refractivity (Wildman–Crippen MR) is 32.4 cm³/mol. The van der Waals surface area contributed by atoms with Crippen molar-refractivity contribution in [3.8, 4) is 0 Å². The zero-order valence-corrected chi connectivity index (χ0v) is 5.02. The molecular weight excluding hydrogens is 120 g/mol. The van der Waals surface area contributed by atoms with E-state index in [1.54, 1.807) is 6.29 Å². The molecule has 0 spiro atoms. The highest BCUT2D eigenvalue weighted by Crippen LogP contribution is 1.66. The average Bonchev–Trinajstić information content (AvgIpc) is 1.89. The van der Waals surface area contributed by atoms with Crippen LogP contribution in [-0.2, 0) is 9.59 Å². The molecule has 1 radical (unpaired) electrons. The molecule has 0 rings (SSSR count). The quantitative estimate of drug-likeness (QED) is 0.457. The normalized spacial score (nSPS) is 8.56. The van der Waals surface area contributed by atoms with Gasteiger partial charge in [-0.1, -0.05) is 0 Å². The van der Waals surface area contributed by atoms with Gasteiger partial charge in [0.15, 0.2) is 6.29 Å². The Labute approximate surface area is 53.4 Å². The van der Waals surface area contributed by atoms with Crippen LogP contribution in [0, 0.1) is 0 Å². The second-order valence-electron chi connectivity index (χ2n) is 1.45. The third kappa shape index (κ3) is 4.96. The topological polar surface area (TPSA) is 72.2 Å². The number of carbonyl (C=O) groups is 1. The maximum Gasteiger partial charge on any atom is 0.233 e. The maximum atomic E-state index is 10.3. The summed E-state index contributed by atoms with van der Waals surface area (Å²) in [4.78, 5) is 19.9. The minimum atomic E-state index is -0.245. The molecule has 0 unspecified atom stereocenters. The van der Waals surface area contributed by atoms with E-state index < -0.39 is 0 Å². The van der Waals surface area contributed by atoms with E-state index in [0.717, 1.165) is 0 Å². The third-order valence-electron chi connectivity index (χ3n) is 0.735. The van der Waals surface area contributed by atoms with Crippen molar-refractivity contribution in [1.82, 2.24) is 5.32 Å². The second kappa shape index (κ2) is 5.24. The Kier molecular flexibility index (Phi) is 4.72. The highest BCUT2D eigenvalue weighted by atomic mass is 16.1. The van der Waals surface area contributed by atoms with Gasteiger partial charge in [0, 0.05) is 13.0 Å². The van der Waals surface area contributed by atoms with E-state index in [-0.39, 0.29) is 18.9 Å². The van der Waals surface area contributed by atoms with Gasteiger partial charge in [-0.2, -0.15) is 0 Å². The number of hydrogen-bond acceptors (Lipinski definition) is 3. The lowest BCUT2D eigenvalue weighted by Crippen LogP contribution is -2.30. The second-order valence-corrected chi connectivity index (χ2v) is 1.45. The highest BCUT2D eigenvalue weighted by Gasteiger charge is 1.92. The zero-order chi connectivity index (χ0) is 7.11. The van der Waals surface area contributed by atoms with Crippen LogP contribution in [0.3, 0.4) is 0 Å². The van der Waals surface area contributed by atoms with Crippen molar-refractivity contribution in [3.05, 3.63) is 0 Å². The zero-order valence-electron chi connectivity index (χ0n) is 5.02. The Balaban J connectivity index is 3.06. The lowest BCUT2D eigenvalue weighted by Gasteiger charge is -1.96. The van der Waals surface area contributed by atoms with Crippen LogP contribution in [-0.4, -0.2) is 25.3 Å². The van der Waals surface area contributed by atoms with Crippen molar-refractivity contribution in [2.24, 2.45) is 5.73 Å². The molecular formula is C5H9N2O2. The van der Waals surface area contributed by atoms with Crippen LogP contribution in [0.2, 0.25) is 0 Å². The van der Waals surface area contributed by atoms with Crippen molar-refractivity contribution >= 4 is 12.2 Å². The molecule has 0 saturated carbocycles. The fourth-order valence-corrected chi connectivity index (χ4v) is 0.325. The van der Waals surface area contributed by atoms with Crippen molar-refractivity contribution < 1.29 is 9.59 Å². The molecule has 0 aromatic rings. The number of carbonyl (C=O) groups excluding carboxylic acids is 2. The van der Waals surface area contributed by atoms with E-state index in [0.29, 0.717) is 6.54 Å². The molecule has 3 N–H and O–H groups in total. The summed E-state index contributed by atoms with van der Waals surface area (Å²) in [6.45, 7) is 0.304. The van der Waals surface area contributed by atoms with Crippen LogP contribution in [0.4, 0.5) is 0 Å². The summed E-state index contributed by atoms with van der Waals surface area (Å²) >= 11 is 0. The van der Waals surface area contributed by atoms with Crippen LogP contribution in [0.25, 0.3) is 0 Å². The molecule has 0 aliphatic heterocycles. The van der Waals surface area contributed by atoms with E-state index in [1.165, 1.54) is 0 Å². The Hall–Kier alpha value is -0.900. The summed E-state index contributed by atoms with van der Waals surface area (Å²) in [5.41, 5.74) is 4.94. The van der Waals surface area contributed by atoms with Gasteiger partial charge in [0.05, 0.1) is 6.54 Å². The molecule has 0 aliphatic rings. The smallest absolute Gasteiger partial charge is 0.233 e. The molecule has 4 nitrogen and oxygen atoms in total. The lowest BCUT2D eigenvalue weighted by molar-refractivity contribution is -0.119. The summed E-state index contributed by atoms with van der Waals surface area (Å²) in [6.07, 6.45) is 1.87. The minimum Gasteiger partial charge on any atom is -0.355 e. The summed E-state index contributed by atoms with van der Waals surface area (Å²) in [6, 6.07) is 0. The molecule has 0 aromatic heterocycles. The minimum absolute atomic E-state index is 0.0289. The summed E-state index contributed by atoms with van der Waals surface area (Å²) in [7, 11) is 0. The molecule has 9 heavy (non-hydrogen) atoms. The third-order valence-corrected chi connectivity index (χ3v) is 0.735. The van der Waals surface area contributed by atoms with Crippen molar-refractivity contribution in [2.45, 2.75) is 6.42 Å².